The smallest absolute Gasteiger partial charge is 0.231 e. The molecule has 152 valence electrons. The van der Waals surface area contributed by atoms with Crippen LogP contribution < -0.4 is 14.8 Å². The summed E-state index contributed by atoms with van der Waals surface area (Å²) in [5, 5.41) is 3.19. The Kier molecular flexibility index (Phi) is 5.21. The predicted molar refractivity (Wildman–Crippen MR) is 105 cm³/mol. The van der Waals surface area contributed by atoms with Crippen LogP contribution in [0.15, 0.2) is 18.2 Å². The molecule has 4 rings (SSSR count). The Morgan fingerprint density at radius 1 is 1.07 bits per heavy atom. The number of rotatable bonds is 4. The Hall–Kier alpha value is -2.24. The van der Waals surface area contributed by atoms with Crippen molar-refractivity contribution in [3.63, 3.8) is 0 Å². The number of ether oxygens (including phenoxy) is 2. The van der Waals surface area contributed by atoms with Crippen molar-refractivity contribution in [3.05, 3.63) is 23.8 Å². The fourth-order valence-electron chi connectivity index (χ4n) is 4.49. The van der Waals surface area contributed by atoms with Gasteiger partial charge in [-0.1, -0.05) is 6.07 Å². The second-order valence-corrected chi connectivity index (χ2v) is 8.76. The van der Waals surface area contributed by atoms with Gasteiger partial charge in [-0.15, -0.1) is 0 Å². The summed E-state index contributed by atoms with van der Waals surface area (Å²) in [5.74, 6) is 1.73. The first-order chi connectivity index (χ1) is 13.4. The summed E-state index contributed by atoms with van der Waals surface area (Å²) in [5.41, 5.74) is 0.212. The highest BCUT2D eigenvalue weighted by Crippen LogP contribution is 2.37. The summed E-state index contributed by atoms with van der Waals surface area (Å²) < 4.78 is 10.8. The number of carbonyl (C=O) groups excluding carboxylic acids is 2. The van der Waals surface area contributed by atoms with Crippen LogP contribution in [0.25, 0.3) is 0 Å². The maximum atomic E-state index is 13.0. The average Bonchev–Trinajstić information content (AvgIpc) is 3.36. The summed E-state index contributed by atoms with van der Waals surface area (Å²) in [6, 6.07) is 5.73. The van der Waals surface area contributed by atoms with Gasteiger partial charge < -0.3 is 19.7 Å². The molecule has 1 aromatic carbocycles. The van der Waals surface area contributed by atoms with Crippen molar-refractivity contribution in [2.24, 2.45) is 5.92 Å². The van der Waals surface area contributed by atoms with E-state index in [1.54, 1.807) is 0 Å². The summed E-state index contributed by atoms with van der Waals surface area (Å²) in [6.07, 6.45) is 5.93. The molecule has 0 bridgehead atoms. The molecule has 2 heterocycles. The molecular weight excluding hydrogens is 356 g/mol. The fourth-order valence-corrected chi connectivity index (χ4v) is 4.49. The van der Waals surface area contributed by atoms with Crippen LogP contribution in [0.1, 0.15) is 57.9 Å². The second kappa shape index (κ2) is 7.64. The average molecular weight is 386 g/mol. The van der Waals surface area contributed by atoms with E-state index < -0.39 is 5.41 Å². The molecule has 1 saturated carbocycles. The minimum atomic E-state index is -0.685. The Balaban J connectivity index is 1.36. The number of likely N-dealkylation sites (tertiary alicyclic amines) is 1. The van der Waals surface area contributed by atoms with Gasteiger partial charge in [0.1, 0.15) is 0 Å². The maximum absolute atomic E-state index is 13.0. The molecule has 1 aromatic rings. The molecule has 2 fully saturated rings. The number of amides is 2. The van der Waals surface area contributed by atoms with Gasteiger partial charge in [-0.2, -0.15) is 0 Å². The minimum absolute atomic E-state index is 0.0116. The zero-order valence-corrected chi connectivity index (χ0v) is 16.8. The van der Waals surface area contributed by atoms with E-state index in [0.29, 0.717) is 5.75 Å². The van der Waals surface area contributed by atoms with Gasteiger partial charge >= 0.3 is 0 Å². The van der Waals surface area contributed by atoms with Gasteiger partial charge in [-0.05, 0) is 70.1 Å². The van der Waals surface area contributed by atoms with Crippen molar-refractivity contribution >= 4 is 11.8 Å². The molecule has 2 aliphatic heterocycles. The van der Waals surface area contributed by atoms with Gasteiger partial charge in [0.05, 0.1) is 5.41 Å². The number of hydrogen-bond donors (Lipinski definition) is 1. The van der Waals surface area contributed by atoms with Crippen LogP contribution in [0.3, 0.4) is 0 Å². The van der Waals surface area contributed by atoms with Crippen LogP contribution in [0, 0.1) is 5.92 Å². The largest absolute Gasteiger partial charge is 0.454 e. The number of fused-ring (bicyclic) bond motifs is 1. The number of piperidine rings is 1. The van der Waals surface area contributed by atoms with Crippen molar-refractivity contribution in [1.29, 1.82) is 0 Å². The van der Waals surface area contributed by atoms with E-state index in [1.807, 2.05) is 36.9 Å². The summed E-state index contributed by atoms with van der Waals surface area (Å²) >= 11 is 0. The molecule has 2 amide bonds. The van der Waals surface area contributed by atoms with Crippen molar-refractivity contribution in [2.75, 3.05) is 19.9 Å². The van der Waals surface area contributed by atoms with Crippen molar-refractivity contribution < 1.29 is 19.1 Å². The Labute approximate surface area is 166 Å². The predicted octanol–water partition coefficient (Wildman–Crippen LogP) is 2.99. The van der Waals surface area contributed by atoms with E-state index in [0.717, 1.165) is 56.5 Å². The lowest BCUT2D eigenvalue weighted by Gasteiger charge is -2.29. The van der Waals surface area contributed by atoms with Crippen LogP contribution >= 0.6 is 0 Å². The first kappa shape index (κ1) is 19.1. The molecule has 1 saturated heterocycles. The van der Waals surface area contributed by atoms with Crippen LogP contribution in [-0.2, 0) is 15.0 Å². The SMILES string of the molecule is CC(C)(C(=O)N[C@H]1CC[C@@H](C(=O)N2CCCCC2)C1)c1ccc2c(c1)OCO2. The van der Waals surface area contributed by atoms with Gasteiger partial charge in [0.25, 0.3) is 0 Å². The molecule has 28 heavy (non-hydrogen) atoms. The number of benzene rings is 1. The van der Waals surface area contributed by atoms with Crippen molar-refractivity contribution in [1.82, 2.24) is 10.2 Å². The molecule has 1 N–H and O–H groups in total. The van der Waals surface area contributed by atoms with Crippen LogP contribution in [0.4, 0.5) is 0 Å². The lowest BCUT2D eigenvalue weighted by molar-refractivity contribution is -0.136. The van der Waals surface area contributed by atoms with Gasteiger partial charge in [0.15, 0.2) is 11.5 Å². The van der Waals surface area contributed by atoms with Crippen LogP contribution in [0.5, 0.6) is 11.5 Å². The van der Waals surface area contributed by atoms with E-state index in [9.17, 15) is 9.59 Å². The first-order valence-corrected chi connectivity index (χ1v) is 10.4. The standard InChI is InChI=1S/C22H30N2O4/c1-22(2,16-7-9-18-19(13-16)28-14-27-18)21(26)23-17-8-6-15(12-17)20(25)24-10-4-3-5-11-24/h7,9,13,15,17H,3-6,8,10-12,14H2,1-2H3,(H,23,26)/t15-,17+/m1/s1. The summed E-state index contributed by atoms with van der Waals surface area (Å²) in [6.45, 7) is 5.85. The molecule has 2 atom stereocenters. The Bertz CT molecular complexity index is 755. The summed E-state index contributed by atoms with van der Waals surface area (Å²) in [4.78, 5) is 27.8. The quantitative estimate of drug-likeness (QED) is 0.864. The molecule has 3 aliphatic rings. The summed E-state index contributed by atoms with van der Waals surface area (Å²) in [7, 11) is 0. The molecule has 6 heteroatoms. The lowest BCUT2D eigenvalue weighted by atomic mass is 9.83. The minimum Gasteiger partial charge on any atom is -0.454 e. The molecule has 0 spiro atoms. The fraction of sp³-hybridized carbons (Fsp3) is 0.636. The third-order valence-electron chi connectivity index (χ3n) is 6.45. The molecule has 6 nitrogen and oxygen atoms in total. The molecule has 0 aromatic heterocycles. The van der Waals surface area contributed by atoms with Gasteiger partial charge in [-0.3, -0.25) is 9.59 Å². The van der Waals surface area contributed by atoms with E-state index in [1.165, 1.54) is 6.42 Å². The highest BCUT2D eigenvalue weighted by molar-refractivity contribution is 5.88. The van der Waals surface area contributed by atoms with Crippen LogP contribution in [-0.4, -0.2) is 42.6 Å². The Morgan fingerprint density at radius 2 is 1.82 bits per heavy atom. The third-order valence-corrected chi connectivity index (χ3v) is 6.45. The highest BCUT2D eigenvalue weighted by atomic mass is 16.7. The normalized spacial score (nSPS) is 24.3. The van der Waals surface area contributed by atoms with Crippen LogP contribution in [0.2, 0.25) is 0 Å². The monoisotopic (exact) mass is 386 g/mol. The van der Waals surface area contributed by atoms with E-state index in [2.05, 4.69) is 5.32 Å². The van der Waals surface area contributed by atoms with E-state index >= 15 is 0 Å². The number of hydrogen-bond acceptors (Lipinski definition) is 4. The molecular formula is C22H30N2O4. The van der Waals surface area contributed by atoms with E-state index in [-0.39, 0.29) is 30.6 Å². The Morgan fingerprint density at radius 3 is 2.61 bits per heavy atom. The zero-order chi connectivity index (χ0) is 19.7. The highest BCUT2D eigenvalue weighted by Gasteiger charge is 2.37. The number of carbonyl (C=O) groups is 2. The van der Waals surface area contributed by atoms with Gasteiger partial charge in [-0.25, -0.2) is 0 Å². The number of nitrogens with one attached hydrogen (secondary N) is 1. The molecule has 0 unspecified atom stereocenters. The van der Waals surface area contributed by atoms with E-state index in [4.69, 9.17) is 9.47 Å². The second-order valence-electron chi connectivity index (χ2n) is 8.76. The first-order valence-electron chi connectivity index (χ1n) is 10.4. The third kappa shape index (κ3) is 3.69. The maximum Gasteiger partial charge on any atom is 0.231 e. The van der Waals surface area contributed by atoms with Crippen molar-refractivity contribution in [2.45, 2.75) is 63.8 Å². The van der Waals surface area contributed by atoms with Crippen molar-refractivity contribution in [3.8, 4) is 11.5 Å². The topological polar surface area (TPSA) is 67.9 Å². The van der Waals surface area contributed by atoms with Gasteiger partial charge in [0, 0.05) is 25.0 Å². The molecule has 1 aliphatic carbocycles. The lowest BCUT2D eigenvalue weighted by Crippen LogP contribution is -2.45. The molecule has 0 radical (unpaired) electrons. The zero-order valence-electron chi connectivity index (χ0n) is 16.8. The van der Waals surface area contributed by atoms with Gasteiger partial charge in [0.2, 0.25) is 18.6 Å². The number of nitrogens with zero attached hydrogens (tertiary/aromatic N) is 1.